The topological polar surface area (TPSA) is 92.3 Å². The zero-order chi connectivity index (χ0) is 14.5. The Balaban J connectivity index is 2.14. The quantitative estimate of drug-likeness (QED) is 0.864. The highest BCUT2D eigenvalue weighted by atomic mass is 16.5. The van der Waals surface area contributed by atoms with Crippen molar-refractivity contribution in [2.75, 3.05) is 0 Å². The van der Waals surface area contributed by atoms with Crippen LogP contribution < -0.4 is 10.3 Å². The van der Waals surface area contributed by atoms with Crippen molar-refractivity contribution >= 4 is 5.97 Å². The van der Waals surface area contributed by atoms with Crippen molar-refractivity contribution < 1.29 is 14.6 Å². The molecule has 2 N–H and O–H groups in total. The Kier molecular flexibility index (Phi) is 4.14. The van der Waals surface area contributed by atoms with Crippen LogP contribution in [0, 0.1) is 0 Å². The number of aromatic nitrogens is 2. The largest absolute Gasteiger partial charge is 0.486 e. The van der Waals surface area contributed by atoms with Crippen LogP contribution in [0.4, 0.5) is 0 Å². The zero-order valence-corrected chi connectivity index (χ0v) is 10.9. The molecule has 104 valence electrons. The number of benzene rings is 1. The van der Waals surface area contributed by atoms with Crippen molar-refractivity contribution in [1.82, 2.24) is 9.97 Å². The molecule has 0 spiro atoms. The van der Waals surface area contributed by atoms with Gasteiger partial charge in [-0.25, -0.2) is 9.78 Å². The van der Waals surface area contributed by atoms with E-state index in [2.05, 4.69) is 9.97 Å². The Morgan fingerprint density at radius 3 is 2.90 bits per heavy atom. The molecule has 1 aromatic heterocycles. The molecule has 1 aromatic carbocycles. The van der Waals surface area contributed by atoms with E-state index in [4.69, 9.17) is 9.84 Å². The summed E-state index contributed by atoms with van der Waals surface area (Å²) < 4.78 is 5.50. The van der Waals surface area contributed by atoms with E-state index >= 15 is 0 Å². The number of rotatable bonds is 5. The summed E-state index contributed by atoms with van der Waals surface area (Å²) >= 11 is 0. The third kappa shape index (κ3) is 3.44. The first-order valence-corrected chi connectivity index (χ1v) is 6.13. The van der Waals surface area contributed by atoms with E-state index < -0.39 is 11.5 Å². The lowest BCUT2D eigenvalue weighted by Gasteiger charge is -2.07. The summed E-state index contributed by atoms with van der Waals surface area (Å²) in [6.45, 7) is 2.04. The second-order valence-corrected chi connectivity index (χ2v) is 4.17. The fraction of sp³-hybridized carbons (Fsp3) is 0.214. The fourth-order valence-electron chi connectivity index (χ4n) is 1.69. The predicted octanol–water partition coefficient (Wildman–Crippen LogP) is 1.61. The zero-order valence-electron chi connectivity index (χ0n) is 10.9. The molecule has 6 heteroatoms. The van der Waals surface area contributed by atoms with E-state index in [-0.39, 0.29) is 18.1 Å². The van der Waals surface area contributed by atoms with Crippen molar-refractivity contribution in [3.8, 4) is 5.75 Å². The molecule has 0 saturated heterocycles. The minimum atomic E-state index is -1.25. The second kappa shape index (κ2) is 6.01. The standard InChI is InChI=1S/C14H14N2O4/c1-2-9-4-3-5-10(6-9)20-8-12-15-11(14(18)19)7-13(17)16-12/h3-7H,2,8H2,1H3,(H,18,19)(H,15,16,17). The summed E-state index contributed by atoms with van der Waals surface area (Å²) in [5, 5.41) is 8.83. The lowest BCUT2D eigenvalue weighted by atomic mass is 10.2. The SMILES string of the molecule is CCc1cccc(OCc2nc(C(=O)O)cc(=O)[nH]2)c1. The summed E-state index contributed by atoms with van der Waals surface area (Å²) in [4.78, 5) is 28.4. The fourth-order valence-corrected chi connectivity index (χ4v) is 1.69. The Morgan fingerprint density at radius 2 is 2.20 bits per heavy atom. The molecule has 0 unspecified atom stereocenters. The molecule has 2 aromatic rings. The maximum atomic E-state index is 11.3. The van der Waals surface area contributed by atoms with Crippen LogP contribution in [0.15, 0.2) is 35.1 Å². The first-order chi connectivity index (χ1) is 9.58. The van der Waals surface area contributed by atoms with Gasteiger partial charge in [-0.15, -0.1) is 0 Å². The van der Waals surface area contributed by atoms with Crippen molar-refractivity contribution in [3.63, 3.8) is 0 Å². The lowest BCUT2D eigenvalue weighted by Crippen LogP contribution is -2.17. The van der Waals surface area contributed by atoms with Crippen LogP contribution >= 0.6 is 0 Å². The van der Waals surface area contributed by atoms with Gasteiger partial charge in [0.2, 0.25) is 0 Å². The average molecular weight is 274 g/mol. The average Bonchev–Trinajstić information content (AvgIpc) is 2.44. The Morgan fingerprint density at radius 1 is 1.40 bits per heavy atom. The van der Waals surface area contributed by atoms with Gasteiger partial charge in [0.25, 0.3) is 5.56 Å². The van der Waals surface area contributed by atoms with Gasteiger partial charge in [-0.05, 0) is 24.1 Å². The molecule has 6 nitrogen and oxygen atoms in total. The summed E-state index contributed by atoms with van der Waals surface area (Å²) in [5.74, 6) is -0.421. The summed E-state index contributed by atoms with van der Waals surface area (Å²) in [6, 6.07) is 8.47. The van der Waals surface area contributed by atoms with E-state index in [1.165, 1.54) is 0 Å². The van der Waals surface area contributed by atoms with Gasteiger partial charge >= 0.3 is 5.97 Å². The molecule has 0 atom stereocenters. The van der Waals surface area contributed by atoms with Crippen LogP contribution in [0.25, 0.3) is 0 Å². The van der Waals surface area contributed by atoms with Gasteiger partial charge in [-0.2, -0.15) is 0 Å². The number of nitrogens with zero attached hydrogens (tertiary/aromatic N) is 1. The molecule has 2 rings (SSSR count). The van der Waals surface area contributed by atoms with Crippen LogP contribution in [0.3, 0.4) is 0 Å². The molecule has 0 radical (unpaired) electrons. The van der Waals surface area contributed by atoms with E-state index in [1.54, 1.807) is 6.07 Å². The summed E-state index contributed by atoms with van der Waals surface area (Å²) in [7, 11) is 0. The molecular formula is C14H14N2O4. The maximum absolute atomic E-state index is 11.3. The van der Waals surface area contributed by atoms with Crippen molar-refractivity contribution in [1.29, 1.82) is 0 Å². The first kappa shape index (κ1) is 13.8. The minimum absolute atomic E-state index is 0.00350. The highest BCUT2D eigenvalue weighted by Gasteiger charge is 2.08. The molecular weight excluding hydrogens is 260 g/mol. The number of aromatic carboxylic acids is 1. The summed E-state index contributed by atoms with van der Waals surface area (Å²) in [5.41, 5.74) is 0.316. The third-order valence-electron chi connectivity index (χ3n) is 2.69. The normalized spacial score (nSPS) is 10.2. The van der Waals surface area contributed by atoms with E-state index in [1.807, 2.05) is 25.1 Å². The van der Waals surface area contributed by atoms with Crippen LogP contribution in [-0.2, 0) is 13.0 Å². The van der Waals surface area contributed by atoms with E-state index in [9.17, 15) is 9.59 Å². The Labute approximate surface area is 115 Å². The van der Waals surface area contributed by atoms with Gasteiger partial charge in [0.05, 0.1) is 0 Å². The molecule has 20 heavy (non-hydrogen) atoms. The number of aryl methyl sites for hydroxylation is 1. The van der Waals surface area contributed by atoms with Crippen LogP contribution in [0.1, 0.15) is 28.8 Å². The number of aromatic amines is 1. The first-order valence-electron chi connectivity index (χ1n) is 6.13. The van der Waals surface area contributed by atoms with Crippen LogP contribution in [0.2, 0.25) is 0 Å². The van der Waals surface area contributed by atoms with Gasteiger partial charge in [0.15, 0.2) is 5.69 Å². The number of hydrogen-bond donors (Lipinski definition) is 2. The highest BCUT2D eigenvalue weighted by Crippen LogP contribution is 2.14. The van der Waals surface area contributed by atoms with Crippen LogP contribution in [0.5, 0.6) is 5.75 Å². The summed E-state index contributed by atoms with van der Waals surface area (Å²) in [6.07, 6.45) is 0.890. The molecule has 0 bridgehead atoms. The van der Waals surface area contributed by atoms with Gasteiger partial charge < -0.3 is 14.8 Å². The third-order valence-corrected chi connectivity index (χ3v) is 2.69. The molecule has 0 amide bonds. The van der Waals surface area contributed by atoms with Gasteiger partial charge in [-0.1, -0.05) is 19.1 Å². The molecule has 0 aliphatic carbocycles. The second-order valence-electron chi connectivity index (χ2n) is 4.17. The molecule has 0 saturated carbocycles. The molecule has 0 aliphatic heterocycles. The number of hydrogen-bond acceptors (Lipinski definition) is 4. The highest BCUT2D eigenvalue weighted by molar-refractivity contribution is 5.85. The van der Waals surface area contributed by atoms with E-state index in [0.29, 0.717) is 5.75 Å². The van der Waals surface area contributed by atoms with Crippen molar-refractivity contribution in [2.45, 2.75) is 20.0 Å². The smallest absolute Gasteiger partial charge is 0.354 e. The van der Waals surface area contributed by atoms with Gasteiger partial charge in [-0.3, -0.25) is 4.79 Å². The maximum Gasteiger partial charge on any atom is 0.354 e. The van der Waals surface area contributed by atoms with Gasteiger partial charge in [0, 0.05) is 6.07 Å². The van der Waals surface area contributed by atoms with Crippen molar-refractivity contribution in [3.05, 3.63) is 57.8 Å². The Bertz CT molecular complexity index is 679. The molecule has 0 fully saturated rings. The number of ether oxygens (including phenoxy) is 1. The predicted molar refractivity (Wildman–Crippen MR) is 72.0 cm³/mol. The number of carboxylic acids is 1. The number of carbonyl (C=O) groups is 1. The Hall–Kier alpha value is -2.63. The molecule has 1 heterocycles. The van der Waals surface area contributed by atoms with Crippen molar-refractivity contribution in [2.24, 2.45) is 0 Å². The number of H-pyrrole nitrogens is 1. The lowest BCUT2D eigenvalue weighted by molar-refractivity contribution is 0.0689. The monoisotopic (exact) mass is 274 g/mol. The number of nitrogens with one attached hydrogen (secondary N) is 1. The van der Waals surface area contributed by atoms with Crippen LogP contribution in [-0.4, -0.2) is 21.0 Å². The molecule has 0 aliphatic rings. The van der Waals surface area contributed by atoms with Gasteiger partial charge in [0.1, 0.15) is 18.2 Å². The minimum Gasteiger partial charge on any atom is -0.486 e. The van der Waals surface area contributed by atoms with E-state index in [0.717, 1.165) is 18.1 Å². The number of carboxylic acid groups (broad SMARTS) is 1.